The number of carbonyl (C=O) groups excluding carboxylic acids is 4. The number of hydrogen-bond acceptors (Lipinski definition) is 6. The SMILES string of the molecule is CC(C)CC(=O)N[C@H]1CN(C(=O)c2ccco2)C2CN(CC3CCNCC3)C(=O)[C@H](CC(C)C)CN2C1=O. The van der Waals surface area contributed by atoms with Crippen LogP contribution in [0.25, 0.3) is 0 Å². The van der Waals surface area contributed by atoms with Crippen LogP contribution in [-0.4, -0.2) is 89.8 Å². The Labute approximate surface area is 225 Å². The second-order valence-electron chi connectivity index (χ2n) is 11.9. The Morgan fingerprint density at radius 2 is 1.79 bits per heavy atom. The van der Waals surface area contributed by atoms with Crippen molar-refractivity contribution in [2.75, 3.05) is 39.3 Å². The topological polar surface area (TPSA) is 115 Å². The molecule has 210 valence electrons. The summed E-state index contributed by atoms with van der Waals surface area (Å²) in [5, 5.41) is 6.24. The van der Waals surface area contributed by atoms with Crippen LogP contribution in [0.5, 0.6) is 0 Å². The fourth-order valence-corrected chi connectivity index (χ4v) is 5.96. The molecule has 10 nitrogen and oxygen atoms in total. The van der Waals surface area contributed by atoms with Gasteiger partial charge in [-0.25, -0.2) is 0 Å². The summed E-state index contributed by atoms with van der Waals surface area (Å²) >= 11 is 0. The van der Waals surface area contributed by atoms with E-state index in [9.17, 15) is 19.2 Å². The van der Waals surface area contributed by atoms with Gasteiger partial charge < -0.3 is 29.8 Å². The fraction of sp³-hybridized carbons (Fsp3) is 0.714. The van der Waals surface area contributed by atoms with Gasteiger partial charge in [-0.3, -0.25) is 19.2 Å². The predicted octanol–water partition coefficient (Wildman–Crippen LogP) is 1.93. The molecule has 0 spiro atoms. The number of furan rings is 1. The maximum Gasteiger partial charge on any atom is 0.291 e. The molecule has 0 radical (unpaired) electrons. The predicted molar refractivity (Wildman–Crippen MR) is 142 cm³/mol. The first-order valence-corrected chi connectivity index (χ1v) is 14.1. The maximum atomic E-state index is 13.9. The van der Waals surface area contributed by atoms with Crippen LogP contribution in [0, 0.1) is 23.7 Å². The number of amides is 4. The van der Waals surface area contributed by atoms with Gasteiger partial charge in [-0.1, -0.05) is 27.7 Å². The van der Waals surface area contributed by atoms with Crippen molar-refractivity contribution < 1.29 is 23.6 Å². The van der Waals surface area contributed by atoms with Gasteiger partial charge >= 0.3 is 0 Å². The molecule has 3 aliphatic rings. The molecule has 0 aromatic carbocycles. The summed E-state index contributed by atoms with van der Waals surface area (Å²) in [6.45, 7) is 11.0. The molecule has 4 amide bonds. The van der Waals surface area contributed by atoms with Crippen molar-refractivity contribution in [1.82, 2.24) is 25.3 Å². The number of carbonyl (C=O) groups is 4. The minimum Gasteiger partial charge on any atom is -0.459 e. The molecule has 1 aromatic rings. The third kappa shape index (κ3) is 6.57. The Balaban J connectivity index is 1.66. The highest BCUT2D eigenvalue weighted by atomic mass is 16.3. The summed E-state index contributed by atoms with van der Waals surface area (Å²) in [5.74, 6) is -0.173. The maximum absolute atomic E-state index is 13.9. The third-order valence-electron chi connectivity index (χ3n) is 7.76. The van der Waals surface area contributed by atoms with Gasteiger partial charge in [0.25, 0.3) is 5.91 Å². The normalized spacial score (nSPS) is 25.1. The molecule has 0 aliphatic carbocycles. The van der Waals surface area contributed by atoms with E-state index in [0.717, 1.165) is 25.9 Å². The molecule has 0 bridgehead atoms. The Bertz CT molecular complexity index is 988. The Morgan fingerprint density at radius 1 is 1.05 bits per heavy atom. The summed E-state index contributed by atoms with van der Waals surface area (Å²) < 4.78 is 5.43. The molecule has 0 saturated carbocycles. The van der Waals surface area contributed by atoms with Gasteiger partial charge in [0.1, 0.15) is 12.2 Å². The lowest BCUT2D eigenvalue weighted by Gasteiger charge is -2.46. The summed E-state index contributed by atoms with van der Waals surface area (Å²) in [6.07, 6.45) is 3.74. The lowest BCUT2D eigenvalue weighted by molar-refractivity contribution is -0.148. The molecule has 10 heteroatoms. The second kappa shape index (κ2) is 12.3. The molecule has 3 aliphatic heterocycles. The summed E-state index contributed by atoms with van der Waals surface area (Å²) in [4.78, 5) is 59.2. The van der Waals surface area contributed by atoms with Crippen LogP contribution in [-0.2, 0) is 14.4 Å². The van der Waals surface area contributed by atoms with Crippen molar-refractivity contribution in [3.63, 3.8) is 0 Å². The third-order valence-corrected chi connectivity index (χ3v) is 7.76. The van der Waals surface area contributed by atoms with E-state index < -0.39 is 12.2 Å². The van der Waals surface area contributed by atoms with Crippen LogP contribution in [0.4, 0.5) is 0 Å². The van der Waals surface area contributed by atoms with Crippen molar-refractivity contribution in [3.8, 4) is 0 Å². The van der Waals surface area contributed by atoms with Crippen molar-refractivity contribution in [1.29, 1.82) is 0 Å². The van der Waals surface area contributed by atoms with Crippen LogP contribution in [0.2, 0.25) is 0 Å². The summed E-state index contributed by atoms with van der Waals surface area (Å²) in [6, 6.07) is 2.38. The molecule has 3 fully saturated rings. The Kier molecular flexibility index (Phi) is 9.12. The van der Waals surface area contributed by atoms with E-state index in [1.165, 1.54) is 6.26 Å². The first-order chi connectivity index (χ1) is 18.1. The van der Waals surface area contributed by atoms with E-state index in [1.807, 2.05) is 18.7 Å². The van der Waals surface area contributed by atoms with Crippen LogP contribution in [0.3, 0.4) is 0 Å². The molecule has 3 atom stereocenters. The van der Waals surface area contributed by atoms with Crippen LogP contribution >= 0.6 is 0 Å². The minimum atomic E-state index is -0.873. The molecule has 1 unspecified atom stereocenters. The minimum absolute atomic E-state index is 0.0353. The van der Waals surface area contributed by atoms with Crippen molar-refractivity contribution in [3.05, 3.63) is 24.2 Å². The first kappa shape index (κ1) is 28.1. The van der Waals surface area contributed by atoms with Crippen LogP contribution in [0.15, 0.2) is 22.8 Å². The van der Waals surface area contributed by atoms with Gasteiger partial charge in [-0.15, -0.1) is 0 Å². The summed E-state index contributed by atoms with van der Waals surface area (Å²) in [7, 11) is 0. The Morgan fingerprint density at radius 3 is 2.42 bits per heavy atom. The standard InChI is InChI=1S/C28H43N5O5/c1-18(2)12-21-15-32-25(17-31(26(21)35)14-20-7-9-29-10-8-20)33(28(37)23-6-5-11-38-23)16-22(27(32)36)30-24(34)13-19(3)4/h5-6,11,18-22,25,29H,7-10,12-17H2,1-4H3,(H,30,34)/t21-,22+,25?/m1/s1. The van der Waals surface area contributed by atoms with E-state index in [4.69, 9.17) is 4.42 Å². The van der Waals surface area contributed by atoms with Gasteiger partial charge in [-0.2, -0.15) is 0 Å². The van der Waals surface area contributed by atoms with Crippen molar-refractivity contribution in [2.45, 2.75) is 65.6 Å². The van der Waals surface area contributed by atoms with Crippen LogP contribution < -0.4 is 10.6 Å². The molecule has 4 rings (SSSR count). The highest BCUT2D eigenvalue weighted by Gasteiger charge is 2.48. The van der Waals surface area contributed by atoms with Gasteiger partial charge in [-0.05, 0) is 62.2 Å². The highest BCUT2D eigenvalue weighted by Crippen LogP contribution is 2.29. The van der Waals surface area contributed by atoms with Gasteiger partial charge in [0.15, 0.2) is 5.76 Å². The lowest BCUT2D eigenvalue weighted by Crippen LogP contribution is -2.68. The number of fused-ring (bicyclic) bond motifs is 1. The number of nitrogens with one attached hydrogen (secondary N) is 2. The van der Waals surface area contributed by atoms with E-state index >= 15 is 0 Å². The zero-order valence-corrected chi connectivity index (χ0v) is 23.2. The number of piperidine rings is 1. The zero-order chi connectivity index (χ0) is 27.4. The second-order valence-corrected chi connectivity index (χ2v) is 11.9. The first-order valence-electron chi connectivity index (χ1n) is 14.1. The Hall–Kier alpha value is -2.88. The van der Waals surface area contributed by atoms with Crippen molar-refractivity contribution >= 4 is 23.6 Å². The lowest BCUT2D eigenvalue weighted by atomic mass is 9.93. The van der Waals surface area contributed by atoms with E-state index in [0.29, 0.717) is 18.9 Å². The monoisotopic (exact) mass is 529 g/mol. The van der Waals surface area contributed by atoms with Gasteiger partial charge in [0, 0.05) is 19.5 Å². The average molecular weight is 530 g/mol. The van der Waals surface area contributed by atoms with E-state index in [-0.39, 0.29) is 73.2 Å². The van der Waals surface area contributed by atoms with E-state index in [2.05, 4.69) is 24.5 Å². The average Bonchev–Trinajstić information content (AvgIpc) is 3.36. The number of rotatable bonds is 8. The van der Waals surface area contributed by atoms with Crippen molar-refractivity contribution in [2.24, 2.45) is 23.7 Å². The number of nitrogens with zero attached hydrogens (tertiary/aromatic N) is 3. The smallest absolute Gasteiger partial charge is 0.291 e. The van der Waals surface area contributed by atoms with Crippen LogP contribution in [0.1, 0.15) is 63.9 Å². The fourth-order valence-electron chi connectivity index (χ4n) is 5.96. The summed E-state index contributed by atoms with van der Waals surface area (Å²) in [5.41, 5.74) is 0. The quantitative estimate of drug-likeness (QED) is 0.532. The highest BCUT2D eigenvalue weighted by molar-refractivity contribution is 5.95. The molecule has 38 heavy (non-hydrogen) atoms. The molecule has 2 N–H and O–H groups in total. The molecular weight excluding hydrogens is 486 g/mol. The molecule has 1 aromatic heterocycles. The van der Waals surface area contributed by atoms with E-state index in [1.54, 1.807) is 21.9 Å². The molecule has 3 saturated heterocycles. The molecular formula is C28H43N5O5. The molecule has 4 heterocycles. The van der Waals surface area contributed by atoms with Gasteiger partial charge in [0.2, 0.25) is 17.7 Å². The zero-order valence-electron chi connectivity index (χ0n) is 23.2. The van der Waals surface area contributed by atoms with Gasteiger partial charge in [0.05, 0.1) is 25.3 Å². The largest absolute Gasteiger partial charge is 0.459 e. The number of hydrogen-bond donors (Lipinski definition) is 2.